The van der Waals surface area contributed by atoms with E-state index in [9.17, 15) is 0 Å². The van der Waals surface area contributed by atoms with Crippen LogP contribution < -0.4 is 10.2 Å². The first kappa shape index (κ1) is 15.0. The van der Waals surface area contributed by atoms with E-state index >= 15 is 0 Å². The molecule has 0 saturated carbocycles. The first-order chi connectivity index (χ1) is 11.6. The molecule has 4 rings (SSSR count). The van der Waals surface area contributed by atoms with Gasteiger partial charge < -0.3 is 10.2 Å². The van der Waals surface area contributed by atoms with Crippen molar-refractivity contribution in [2.24, 2.45) is 0 Å². The van der Waals surface area contributed by atoms with E-state index < -0.39 is 0 Å². The lowest BCUT2D eigenvalue weighted by molar-refractivity contribution is 0.943. The molecule has 1 aliphatic heterocycles. The Morgan fingerprint density at radius 2 is 1.79 bits per heavy atom. The topological polar surface area (TPSA) is 41.1 Å². The Kier molecular flexibility index (Phi) is 3.62. The summed E-state index contributed by atoms with van der Waals surface area (Å²) >= 11 is 6.36. The summed E-state index contributed by atoms with van der Waals surface area (Å²) in [5.41, 5.74) is 5.44. The molecule has 1 atom stereocenters. The van der Waals surface area contributed by atoms with Crippen LogP contribution in [-0.4, -0.2) is 17.0 Å². The third-order valence-corrected chi connectivity index (χ3v) is 4.69. The molecule has 0 amide bonds. The van der Waals surface area contributed by atoms with Crippen molar-refractivity contribution in [3.63, 3.8) is 0 Å². The van der Waals surface area contributed by atoms with E-state index in [0.29, 0.717) is 5.15 Å². The molecule has 0 bridgehead atoms. The molecule has 1 N–H and O–H groups in total. The lowest BCUT2D eigenvalue weighted by Crippen LogP contribution is -2.12. The number of rotatable bonds is 1. The van der Waals surface area contributed by atoms with Gasteiger partial charge >= 0.3 is 0 Å². The van der Waals surface area contributed by atoms with E-state index in [1.165, 1.54) is 23.0 Å². The molecular weight excluding hydrogens is 320 g/mol. The Hall–Kier alpha value is -2.59. The third kappa shape index (κ3) is 2.39. The fourth-order valence-electron chi connectivity index (χ4n) is 3.13. The molecule has 0 radical (unpaired) electrons. The van der Waals surface area contributed by atoms with Crippen molar-refractivity contribution in [1.82, 2.24) is 9.97 Å². The Morgan fingerprint density at radius 1 is 1.04 bits per heavy atom. The van der Waals surface area contributed by atoms with E-state index in [4.69, 9.17) is 11.6 Å². The van der Waals surface area contributed by atoms with Gasteiger partial charge in [-0.25, -0.2) is 9.97 Å². The van der Waals surface area contributed by atoms with Crippen LogP contribution in [0.4, 0.5) is 17.2 Å². The lowest BCUT2D eigenvalue weighted by Gasteiger charge is -2.21. The van der Waals surface area contributed by atoms with Gasteiger partial charge in [0.2, 0.25) is 0 Å². The second-order valence-corrected chi connectivity index (χ2v) is 6.33. The number of nitrogens with one attached hydrogen (secondary N) is 1. The molecule has 1 unspecified atom stereocenters. The minimum absolute atomic E-state index is 0.0194. The number of para-hydroxylation sites is 1. The molecule has 0 saturated heterocycles. The predicted molar refractivity (Wildman–Crippen MR) is 98.2 cm³/mol. The van der Waals surface area contributed by atoms with Crippen molar-refractivity contribution in [2.75, 3.05) is 17.3 Å². The number of hydrogen-bond donors (Lipinski definition) is 1. The molecule has 3 aromatic rings. The SMILES string of the molecule is Cc1ccc(C2Nc3c(Cl)ncnc3N(C)c3ccccc32)cc1. The monoisotopic (exact) mass is 336 g/mol. The van der Waals surface area contributed by atoms with Crippen molar-refractivity contribution >= 4 is 28.8 Å². The summed E-state index contributed by atoms with van der Waals surface area (Å²) < 4.78 is 0. The van der Waals surface area contributed by atoms with E-state index in [2.05, 4.69) is 69.6 Å². The number of aromatic nitrogens is 2. The number of fused-ring (bicyclic) bond motifs is 2. The lowest BCUT2D eigenvalue weighted by atomic mass is 9.96. The molecule has 1 aliphatic rings. The van der Waals surface area contributed by atoms with E-state index in [1.54, 1.807) is 0 Å². The van der Waals surface area contributed by atoms with Crippen LogP contribution in [-0.2, 0) is 0 Å². The van der Waals surface area contributed by atoms with Gasteiger partial charge in [0, 0.05) is 18.3 Å². The maximum absolute atomic E-state index is 6.36. The fourth-order valence-corrected chi connectivity index (χ4v) is 3.31. The number of hydrogen-bond acceptors (Lipinski definition) is 4. The van der Waals surface area contributed by atoms with Gasteiger partial charge in [0.25, 0.3) is 0 Å². The van der Waals surface area contributed by atoms with Crippen LogP contribution in [0.3, 0.4) is 0 Å². The summed E-state index contributed by atoms with van der Waals surface area (Å²) in [5, 5.41) is 3.98. The molecule has 0 spiro atoms. The van der Waals surface area contributed by atoms with Gasteiger partial charge in [0.15, 0.2) is 11.0 Å². The Labute approximate surface area is 146 Å². The van der Waals surface area contributed by atoms with Gasteiger partial charge in [-0.05, 0) is 18.6 Å². The van der Waals surface area contributed by atoms with Crippen molar-refractivity contribution in [2.45, 2.75) is 13.0 Å². The number of halogens is 1. The normalized spacial score (nSPS) is 16.0. The molecule has 120 valence electrons. The van der Waals surface area contributed by atoms with Crippen molar-refractivity contribution in [3.05, 3.63) is 76.7 Å². The fraction of sp³-hybridized carbons (Fsp3) is 0.158. The minimum atomic E-state index is -0.0194. The first-order valence-electron chi connectivity index (χ1n) is 7.81. The summed E-state index contributed by atoms with van der Waals surface area (Å²) in [6.07, 6.45) is 1.49. The molecule has 1 aromatic heterocycles. The van der Waals surface area contributed by atoms with Gasteiger partial charge in [-0.2, -0.15) is 0 Å². The molecule has 0 fully saturated rings. The maximum atomic E-state index is 6.36. The molecule has 0 aliphatic carbocycles. The van der Waals surface area contributed by atoms with Crippen LogP contribution in [0, 0.1) is 6.92 Å². The van der Waals surface area contributed by atoms with E-state index in [-0.39, 0.29) is 6.04 Å². The quantitative estimate of drug-likeness (QED) is 0.653. The summed E-state index contributed by atoms with van der Waals surface area (Å²) in [7, 11) is 2.00. The van der Waals surface area contributed by atoms with Crippen LogP contribution in [0.25, 0.3) is 0 Å². The van der Waals surface area contributed by atoms with E-state index in [1.807, 2.05) is 13.1 Å². The average Bonchev–Trinajstić information content (AvgIpc) is 2.73. The standard InChI is InChI=1S/C19H17ClN4/c1-12-7-9-13(10-8-12)16-14-5-3-4-6-15(14)24(2)19-17(23-16)18(20)21-11-22-19/h3-11,16,23H,1-2H3. The van der Waals surface area contributed by atoms with Crippen LogP contribution in [0.5, 0.6) is 0 Å². The molecule has 24 heavy (non-hydrogen) atoms. The number of benzene rings is 2. The zero-order valence-electron chi connectivity index (χ0n) is 13.5. The van der Waals surface area contributed by atoms with Crippen molar-refractivity contribution < 1.29 is 0 Å². The highest BCUT2D eigenvalue weighted by atomic mass is 35.5. The summed E-state index contributed by atoms with van der Waals surface area (Å²) in [5.74, 6) is 0.775. The van der Waals surface area contributed by atoms with Crippen LogP contribution in [0.1, 0.15) is 22.7 Å². The van der Waals surface area contributed by atoms with Crippen LogP contribution in [0.2, 0.25) is 5.15 Å². The maximum Gasteiger partial charge on any atom is 0.161 e. The highest BCUT2D eigenvalue weighted by Gasteiger charge is 2.28. The Morgan fingerprint density at radius 3 is 2.58 bits per heavy atom. The third-order valence-electron chi connectivity index (χ3n) is 4.41. The number of anilines is 3. The van der Waals surface area contributed by atoms with Gasteiger partial charge in [0.1, 0.15) is 12.0 Å². The first-order valence-corrected chi connectivity index (χ1v) is 8.19. The summed E-state index contributed by atoms with van der Waals surface area (Å²) in [6, 6.07) is 16.8. The largest absolute Gasteiger partial charge is 0.369 e. The number of nitrogens with zero attached hydrogens (tertiary/aromatic N) is 3. The van der Waals surface area contributed by atoms with E-state index in [0.717, 1.165) is 17.2 Å². The second kappa shape index (κ2) is 5.80. The minimum Gasteiger partial charge on any atom is -0.369 e. The molecule has 2 aromatic carbocycles. The zero-order chi connectivity index (χ0) is 16.7. The Balaban J connectivity index is 1.95. The Bertz CT molecular complexity index is 892. The highest BCUT2D eigenvalue weighted by Crippen LogP contribution is 2.43. The van der Waals surface area contributed by atoms with Crippen molar-refractivity contribution in [3.8, 4) is 0 Å². The van der Waals surface area contributed by atoms with Crippen LogP contribution >= 0.6 is 11.6 Å². The smallest absolute Gasteiger partial charge is 0.161 e. The molecule has 4 nitrogen and oxygen atoms in total. The summed E-state index contributed by atoms with van der Waals surface area (Å²) in [6.45, 7) is 2.09. The van der Waals surface area contributed by atoms with Gasteiger partial charge in [-0.1, -0.05) is 59.6 Å². The molecule has 5 heteroatoms. The van der Waals surface area contributed by atoms with Crippen LogP contribution in [0.15, 0.2) is 54.9 Å². The van der Waals surface area contributed by atoms with Gasteiger partial charge in [0.05, 0.1) is 6.04 Å². The average molecular weight is 337 g/mol. The predicted octanol–water partition coefficient (Wildman–Crippen LogP) is 4.72. The highest BCUT2D eigenvalue weighted by molar-refractivity contribution is 6.32. The molecule has 2 heterocycles. The second-order valence-electron chi connectivity index (χ2n) is 5.97. The number of aryl methyl sites for hydroxylation is 1. The molecular formula is C19H17ClN4. The summed E-state index contributed by atoms with van der Waals surface area (Å²) in [4.78, 5) is 10.6. The van der Waals surface area contributed by atoms with Gasteiger partial charge in [-0.3, -0.25) is 0 Å². The van der Waals surface area contributed by atoms with Crippen molar-refractivity contribution in [1.29, 1.82) is 0 Å². The van der Waals surface area contributed by atoms with Gasteiger partial charge in [-0.15, -0.1) is 0 Å². The zero-order valence-corrected chi connectivity index (χ0v) is 14.2.